The Bertz CT molecular complexity index is 449. The van der Waals surface area contributed by atoms with Gasteiger partial charge in [0.1, 0.15) is 0 Å². The number of nitrogens with zero attached hydrogens (tertiary/aromatic N) is 2. The molecule has 0 spiro atoms. The van der Waals surface area contributed by atoms with Crippen LogP contribution in [0, 0.1) is 17.8 Å². The fraction of sp³-hybridized carbons (Fsp3) is 0.750. The van der Waals surface area contributed by atoms with E-state index in [1.165, 1.54) is 12.8 Å². The lowest BCUT2D eigenvalue weighted by Crippen LogP contribution is -2.34. The van der Waals surface area contributed by atoms with Crippen molar-refractivity contribution in [2.75, 3.05) is 18.4 Å². The Morgan fingerprint density at radius 1 is 1.52 bits per heavy atom. The maximum Gasteiger partial charge on any atom is 0.226 e. The molecule has 1 aromatic rings. The number of imidazole rings is 1. The Labute approximate surface area is 127 Å². The Morgan fingerprint density at radius 2 is 2.33 bits per heavy atom. The summed E-state index contributed by atoms with van der Waals surface area (Å²) in [5, 5.41) is 6.38. The van der Waals surface area contributed by atoms with E-state index in [0.29, 0.717) is 30.1 Å². The van der Waals surface area contributed by atoms with E-state index >= 15 is 0 Å². The largest absolute Gasteiger partial charge is 0.317 e. The first-order chi connectivity index (χ1) is 10.1. The quantitative estimate of drug-likeness (QED) is 0.847. The van der Waals surface area contributed by atoms with Gasteiger partial charge in [0, 0.05) is 25.4 Å². The number of anilines is 1. The smallest absolute Gasteiger partial charge is 0.226 e. The van der Waals surface area contributed by atoms with Crippen LogP contribution in [-0.2, 0) is 11.3 Å². The molecule has 118 valence electrons. The maximum atomic E-state index is 12.2. The lowest BCUT2D eigenvalue weighted by Gasteiger charge is -2.28. The Hall–Kier alpha value is -1.36. The zero-order chi connectivity index (χ0) is 15.2. The van der Waals surface area contributed by atoms with Gasteiger partial charge in [-0.25, -0.2) is 4.98 Å². The molecular weight excluding hydrogens is 264 g/mol. The first-order valence-corrected chi connectivity index (χ1v) is 8.08. The Kier molecular flexibility index (Phi) is 5.79. The lowest BCUT2D eigenvalue weighted by atomic mass is 9.85. The summed E-state index contributed by atoms with van der Waals surface area (Å²) >= 11 is 0. The van der Waals surface area contributed by atoms with Crippen molar-refractivity contribution in [2.24, 2.45) is 17.8 Å². The first-order valence-electron chi connectivity index (χ1n) is 8.08. The summed E-state index contributed by atoms with van der Waals surface area (Å²) in [6.07, 6.45) is 6.68. The molecule has 1 amide bonds. The van der Waals surface area contributed by atoms with Gasteiger partial charge in [0.15, 0.2) is 0 Å². The predicted octanol–water partition coefficient (Wildman–Crippen LogP) is 2.50. The molecule has 1 fully saturated rings. The van der Waals surface area contributed by atoms with E-state index in [4.69, 9.17) is 0 Å². The Morgan fingerprint density at radius 3 is 3.00 bits per heavy atom. The van der Waals surface area contributed by atoms with Crippen molar-refractivity contribution < 1.29 is 4.79 Å². The van der Waals surface area contributed by atoms with E-state index in [0.717, 1.165) is 19.6 Å². The van der Waals surface area contributed by atoms with Crippen molar-refractivity contribution in [2.45, 2.75) is 46.6 Å². The average molecular weight is 292 g/mol. The van der Waals surface area contributed by atoms with Crippen LogP contribution < -0.4 is 10.6 Å². The van der Waals surface area contributed by atoms with Crippen molar-refractivity contribution in [1.82, 2.24) is 14.9 Å². The number of carbonyl (C=O) groups excluding carboxylic acids is 1. The normalized spacial score (nSPS) is 20.5. The number of amides is 1. The minimum atomic E-state index is 0.0734. The van der Waals surface area contributed by atoms with E-state index in [9.17, 15) is 4.79 Å². The standard InChI is InChI=1S/C16H28N4O/c1-12(2)11-20-8-7-18-16(20)19-15(21)9-13(3)14-5-4-6-17-10-14/h7-8,12-14,17H,4-6,9-11H2,1-3H3,(H,18,19,21). The number of carbonyl (C=O) groups is 1. The van der Waals surface area contributed by atoms with Gasteiger partial charge in [-0.3, -0.25) is 10.1 Å². The summed E-state index contributed by atoms with van der Waals surface area (Å²) in [4.78, 5) is 16.5. The van der Waals surface area contributed by atoms with Crippen LogP contribution in [0.25, 0.3) is 0 Å². The molecule has 0 aliphatic carbocycles. The summed E-state index contributed by atoms with van der Waals surface area (Å²) in [6.45, 7) is 9.52. The molecular formula is C16H28N4O. The molecule has 2 rings (SSSR count). The van der Waals surface area contributed by atoms with Crippen LogP contribution in [0.2, 0.25) is 0 Å². The summed E-state index contributed by atoms with van der Waals surface area (Å²) < 4.78 is 2.01. The van der Waals surface area contributed by atoms with Crippen molar-refractivity contribution in [3.05, 3.63) is 12.4 Å². The van der Waals surface area contributed by atoms with Gasteiger partial charge in [-0.2, -0.15) is 0 Å². The monoisotopic (exact) mass is 292 g/mol. The van der Waals surface area contributed by atoms with Crippen molar-refractivity contribution in [1.29, 1.82) is 0 Å². The fourth-order valence-corrected chi connectivity index (χ4v) is 2.97. The maximum absolute atomic E-state index is 12.2. The second kappa shape index (κ2) is 7.59. The predicted molar refractivity (Wildman–Crippen MR) is 85.1 cm³/mol. The molecule has 0 aromatic carbocycles. The van der Waals surface area contributed by atoms with Gasteiger partial charge in [-0.1, -0.05) is 20.8 Å². The molecule has 1 aliphatic rings. The highest BCUT2D eigenvalue weighted by Crippen LogP contribution is 2.23. The van der Waals surface area contributed by atoms with Crippen molar-refractivity contribution >= 4 is 11.9 Å². The van der Waals surface area contributed by atoms with E-state index in [-0.39, 0.29) is 5.91 Å². The van der Waals surface area contributed by atoms with Gasteiger partial charge in [0.2, 0.25) is 11.9 Å². The first kappa shape index (κ1) is 16.0. The van der Waals surface area contributed by atoms with E-state index in [1.54, 1.807) is 6.20 Å². The van der Waals surface area contributed by atoms with E-state index < -0.39 is 0 Å². The number of hydrogen-bond acceptors (Lipinski definition) is 3. The van der Waals surface area contributed by atoms with Gasteiger partial charge in [-0.05, 0) is 43.7 Å². The number of rotatable bonds is 6. The SMILES string of the molecule is CC(C)Cn1ccnc1NC(=O)CC(C)C1CCCNC1. The summed E-state index contributed by atoms with van der Waals surface area (Å²) in [5.41, 5.74) is 0. The van der Waals surface area contributed by atoms with Crippen molar-refractivity contribution in [3.63, 3.8) is 0 Å². The number of nitrogens with one attached hydrogen (secondary N) is 2. The minimum absolute atomic E-state index is 0.0734. The highest BCUT2D eigenvalue weighted by atomic mass is 16.1. The highest BCUT2D eigenvalue weighted by molar-refractivity contribution is 5.89. The van der Waals surface area contributed by atoms with Gasteiger partial charge in [-0.15, -0.1) is 0 Å². The molecule has 1 saturated heterocycles. The molecule has 5 nitrogen and oxygen atoms in total. The van der Waals surface area contributed by atoms with E-state index in [1.807, 2.05) is 10.8 Å². The molecule has 0 bridgehead atoms. The average Bonchev–Trinajstić information content (AvgIpc) is 2.86. The van der Waals surface area contributed by atoms with Crippen molar-refractivity contribution in [3.8, 4) is 0 Å². The summed E-state index contributed by atoms with van der Waals surface area (Å²) in [6, 6.07) is 0. The lowest BCUT2D eigenvalue weighted by molar-refractivity contribution is -0.117. The van der Waals surface area contributed by atoms with Crippen LogP contribution in [0.15, 0.2) is 12.4 Å². The van der Waals surface area contributed by atoms with Gasteiger partial charge >= 0.3 is 0 Å². The number of aromatic nitrogens is 2. The van der Waals surface area contributed by atoms with Crippen LogP contribution in [-0.4, -0.2) is 28.5 Å². The Balaban J connectivity index is 1.85. The van der Waals surface area contributed by atoms with Crippen LogP contribution in [0.1, 0.15) is 40.0 Å². The third-order valence-electron chi connectivity index (χ3n) is 4.18. The zero-order valence-corrected chi connectivity index (χ0v) is 13.4. The molecule has 21 heavy (non-hydrogen) atoms. The van der Waals surface area contributed by atoms with Gasteiger partial charge in [0.05, 0.1) is 0 Å². The number of piperidine rings is 1. The summed E-state index contributed by atoms with van der Waals surface area (Å²) in [5.74, 6) is 2.29. The molecule has 2 heterocycles. The topological polar surface area (TPSA) is 59.0 Å². The second-order valence-corrected chi connectivity index (χ2v) is 6.63. The summed E-state index contributed by atoms with van der Waals surface area (Å²) in [7, 11) is 0. The van der Waals surface area contributed by atoms with Crippen LogP contribution in [0.5, 0.6) is 0 Å². The number of hydrogen-bond donors (Lipinski definition) is 2. The molecule has 1 aromatic heterocycles. The van der Waals surface area contributed by atoms with Crippen LogP contribution in [0.3, 0.4) is 0 Å². The minimum Gasteiger partial charge on any atom is -0.317 e. The molecule has 2 atom stereocenters. The second-order valence-electron chi connectivity index (χ2n) is 6.63. The molecule has 0 saturated carbocycles. The highest BCUT2D eigenvalue weighted by Gasteiger charge is 2.22. The third-order valence-corrected chi connectivity index (χ3v) is 4.18. The molecule has 2 N–H and O–H groups in total. The molecule has 0 radical (unpaired) electrons. The van der Waals surface area contributed by atoms with Crippen LogP contribution in [0.4, 0.5) is 5.95 Å². The molecule has 1 aliphatic heterocycles. The third kappa shape index (κ3) is 4.84. The van der Waals surface area contributed by atoms with Gasteiger partial charge in [0.25, 0.3) is 0 Å². The van der Waals surface area contributed by atoms with Crippen LogP contribution >= 0.6 is 0 Å². The zero-order valence-electron chi connectivity index (χ0n) is 13.4. The van der Waals surface area contributed by atoms with E-state index in [2.05, 4.69) is 36.4 Å². The fourth-order valence-electron chi connectivity index (χ4n) is 2.97. The van der Waals surface area contributed by atoms with Gasteiger partial charge < -0.3 is 9.88 Å². The molecule has 5 heteroatoms. The molecule has 2 unspecified atom stereocenters.